The van der Waals surface area contributed by atoms with Crippen LogP contribution in [0.2, 0.25) is 0 Å². The van der Waals surface area contributed by atoms with Crippen molar-refractivity contribution in [3.63, 3.8) is 0 Å². The smallest absolute Gasteiger partial charge is 0.240 e. The van der Waals surface area contributed by atoms with E-state index in [9.17, 15) is 22.8 Å². The first-order valence-electron chi connectivity index (χ1n) is 17.8. The number of pyridine rings is 1. The molecule has 11 heteroatoms. The van der Waals surface area contributed by atoms with Gasteiger partial charge in [0.25, 0.3) is 0 Å². The summed E-state index contributed by atoms with van der Waals surface area (Å²) in [6.07, 6.45) is 10.5. The zero-order chi connectivity index (χ0) is 35.5. The molecule has 266 valence electrons. The number of ketones is 1. The Labute approximate surface area is 294 Å². The number of hydrogen-bond acceptors (Lipinski definition) is 8. The molecule has 0 bridgehead atoms. The molecule has 1 saturated heterocycles. The molecule has 3 aromatic rings. The van der Waals surface area contributed by atoms with E-state index in [1.165, 1.54) is 10.5 Å². The molecule has 2 aliphatic carbocycles. The lowest BCUT2D eigenvalue weighted by atomic mass is 9.91. The van der Waals surface area contributed by atoms with Gasteiger partial charge in [-0.25, -0.2) is 13.4 Å². The van der Waals surface area contributed by atoms with Gasteiger partial charge in [0.05, 0.1) is 28.8 Å². The highest BCUT2D eigenvalue weighted by atomic mass is 32.2. The Morgan fingerprint density at radius 1 is 1.02 bits per heavy atom. The summed E-state index contributed by atoms with van der Waals surface area (Å²) in [5, 5.41) is 1.79. The fraction of sp³-hybridized carbons (Fsp3) is 0.487. The normalized spacial score (nSPS) is 28.5. The van der Waals surface area contributed by atoms with Gasteiger partial charge in [-0.3, -0.25) is 19.1 Å². The van der Waals surface area contributed by atoms with E-state index in [1.54, 1.807) is 13.1 Å². The van der Waals surface area contributed by atoms with Crippen LogP contribution in [0.1, 0.15) is 76.7 Å². The largest absolute Gasteiger partial charge is 0.472 e. The van der Waals surface area contributed by atoms with Crippen molar-refractivity contribution < 1.29 is 27.5 Å². The van der Waals surface area contributed by atoms with Crippen LogP contribution in [-0.2, 0) is 24.4 Å². The minimum absolute atomic E-state index is 0.164. The number of rotatable bonds is 5. The monoisotopic (exact) mass is 700 g/mol. The van der Waals surface area contributed by atoms with E-state index < -0.39 is 44.3 Å². The van der Waals surface area contributed by atoms with Crippen molar-refractivity contribution >= 4 is 38.4 Å². The van der Waals surface area contributed by atoms with Gasteiger partial charge in [-0.1, -0.05) is 79.1 Å². The predicted molar refractivity (Wildman–Crippen MR) is 193 cm³/mol. The second-order valence-electron chi connectivity index (χ2n) is 14.6. The molecule has 50 heavy (non-hydrogen) atoms. The minimum Gasteiger partial charge on any atom is -0.472 e. The number of fused-ring (bicyclic) bond motifs is 3. The van der Waals surface area contributed by atoms with E-state index >= 15 is 0 Å². The number of nitrogens with zero attached hydrogens (tertiary/aromatic N) is 2. The van der Waals surface area contributed by atoms with Crippen LogP contribution in [0, 0.1) is 18.3 Å². The fourth-order valence-electron chi connectivity index (χ4n) is 7.06. The molecule has 0 radical (unpaired) electrons. The molecule has 10 nitrogen and oxygen atoms in total. The number of sulfonamides is 1. The Kier molecular flexibility index (Phi) is 10.5. The van der Waals surface area contributed by atoms with Crippen LogP contribution in [-0.4, -0.2) is 65.4 Å². The van der Waals surface area contributed by atoms with Gasteiger partial charge in [0.15, 0.2) is 5.78 Å². The highest BCUT2D eigenvalue weighted by Gasteiger charge is 2.62. The lowest BCUT2D eigenvalue weighted by Crippen LogP contribution is -2.50. The van der Waals surface area contributed by atoms with Crippen LogP contribution < -0.4 is 15.2 Å². The predicted octanol–water partition coefficient (Wildman–Crippen LogP) is 5.39. The number of amides is 2. The van der Waals surface area contributed by atoms with Gasteiger partial charge >= 0.3 is 0 Å². The number of nitrogens with one attached hydrogen (secondary N) is 1. The Morgan fingerprint density at radius 3 is 2.48 bits per heavy atom. The van der Waals surface area contributed by atoms with Gasteiger partial charge in [-0.05, 0) is 75.8 Å². The number of benzene rings is 2. The van der Waals surface area contributed by atoms with Crippen LogP contribution in [0.15, 0.2) is 79.0 Å². The van der Waals surface area contributed by atoms with Crippen molar-refractivity contribution in [1.29, 1.82) is 0 Å². The second-order valence-corrected chi connectivity index (χ2v) is 16.8. The molecular formula is C39H48N4O6S. The molecule has 4 aliphatic rings. The van der Waals surface area contributed by atoms with Gasteiger partial charge < -0.3 is 15.4 Å². The number of aryl methyl sites for hydroxylation is 1. The minimum atomic E-state index is -3.87. The third-order valence-electron chi connectivity index (χ3n) is 10.8. The molecule has 3 heterocycles. The van der Waals surface area contributed by atoms with E-state index in [4.69, 9.17) is 10.5 Å². The highest BCUT2D eigenvalue weighted by molar-refractivity contribution is 7.91. The summed E-state index contributed by atoms with van der Waals surface area (Å²) in [6, 6.07) is 18.3. The third-order valence-corrected chi connectivity index (χ3v) is 12.9. The quantitative estimate of drug-likeness (QED) is 0.337. The molecule has 5 atom stereocenters. The molecule has 2 amide bonds. The number of carbonyl (C=O) groups excluding carboxylic acids is 3. The first-order valence-corrected chi connectivity index (χ1v) is 19.3. The fourth-order valence-corrected chi connectivity index (χ4v) is 8.39. The van der Waals surface area contributed by atoms with Gasteiger partial charge in [0.1, 0.15) is 6.10 Å². The van der Waals surface area contributed by atoms with Crippen LogP contribution in [0.4, 0.5) is 0 Å². The summed E-state index contributed by atoms with van der Waals surface area (Å²) >= 11 is 0. The molecule has 3 fully saturated rings. The maximum absolute atomic E-state index is 14.1. The van der Waals surface area contributed by atoms with Gasteiger partial charge in [0.2, 0.25) is 27.7 Å². The van der Waals surface area contributed by atoms with E-state index in [0.29, 0.717) is 31.6 Å². The first-order chi connectivity index (χ1) is 23.9. The number of hydrogen-bond donors (Lipinski definition) is 2. The van der Waals surface area contributed by atoms with Crippen LogP contribution in [0.5, 0.6) is 5.88 Å². The van der Waals surface area contributed by atoms with Crippen molar-refractivity contribution in [2.75, 3.05) is 6.54 Å². The van der Waals surface area contributed by atoms with Crippen LogP contribution >= 0.6 is 0 Å². The first kappa shape index (κ1) is 35.7. The summed E-state index contributed by atoms with van der Waals surface area (Å²) in [5.74, 6) is -1.04. The Bertz CT molecular complexity index is 1860. The molecule has 7 rings (SSSR count). The number of Topliss-reactive ketones (excluding diaryl/α,β-unsaturated/α-hetero) is 1. The zero-order valence-corrected chi connectivity index (χ0v) is 29.7. The molecular weight excluding hydrogens is 653 g/mol. The average molecular weight is 701 g/mol. The maximum Gasteiger partial charge on any atom is 0.240 e. The van der Waals surface area contributed by atoms with Gasteiger partial charge in [-0.15, -0.1) is 0 Å². The van der Waals surface area contributed by atoms with Crippen molar-refractivity contribution in [1.82, 2.24) is 14.6 Å². The summed E-state index contributed by atoms with van der Waals surface area (Å²) in [7, 11) is -3.87. The maximum atomic E-state index is 14.1. The van der Waals surface area contributed by atoms with E-state index in [2.05, 4.69) is 28.8 Å². The Morgan fingerprint density at radius 2 is 1.76 bits per heavy atom. The number of nitrogens with two attached hydrogens (primary N) is 1. The lowest BCUT2D eigenvalue weighted by Gasteiger charge is -2.27. The summed E-state index contributed by atoms with van der Waals surface area (Å²) in [6.45, 7) is 3.88. The second kappa shape index (κ2) is 14.6. The highest BCUT2D eigenvalue weighted by Crippen LogP contribution is 2.57. The molecule has 2 aliphatic heterocycles. The van der Waals surface area contributed by atoms with Crippen LogP contribution in [0.3, 0.4) is 0 Å². The average Bonchev–Trinajstić information content (AvgIpc) is 3.98. The third kappa shape index (κ3) is 7.78. The SMILES string of the molecule is CC1(S(=O)(=O)NC(=O)[C@]23CC(=O)[C@@H]4C[C@@H](Oc5nccc6ccccc56)CN4C(=O)[C@@H](N)CCCCC/C=C\[C@@H]2C3)CC1.Cc1ccccc1. The van der Waals surface area contributed by atoms with Crippen molar-refractivity contribution in [3.8, 4) is 5.88 Å². The Balaban J connectivity index is 0.000000552. The molecule has 1 aromatic heterocycles. The zero-order valence-electron chi connectivity index (χ0n) is 28.9. The van der Waals surface area contributed by atoms with Crippen molar-refractivity contribution in [2.45, 2.75) is 101 Å². The summed E-state index contributed by atoms with van der Waals surface area (Å²) in [4.78, 5) is 47.3. The van der Waals surface area contributed by atoms with Gasteiger partial charge in [-0.2, -0.15) is 0 Å². The molecule has 3 N–H and O–H groups in total. The Hall–Kier alpha value is -4.09. The van der Waals surface area contributed by atoms with Gasteiger partial charge in [0, 0.05) is 24.4 Å². The molecule has 2 saturated carbocycles. The standard InChI is InChI=1S/C32H40N4O6S.C7H8/c1-31(14-15-31)43(40,41)35-30(39)32-18-22(32)10-5-3-2-4-6-12-25(33)29(38)36-20-23(17-26(36)27(37)19-32)42-28-24-11-8-7-9-21(24)13-16-34-28;1-7-5-3-2-4-6-7/h5,7-11,13,16,22-23,25-26H,2-4,6,12,14-15,17-20,33H2,1H3,(H,35,39);2-6H,1H3/b10-5-;/t22-,23-,25+,26+,32-;/m1./s1. The van der Waals surface area contributed by atoms with Crippen molar-refractivity contribution in [3.05, 3.63) is 84.6 Å². The van der Waals surface area contributed by atoms with Crippen molar-refractivity contribution in [2.24, 2.45) is 17.1 Å². The molecule has 0 spiro atoms. The number of allylic oxidation sites excluding steroid dienone is 2. The van der Waals surface area contributed by atoms with E-state index in [-0.39, 0.29) is 37.0 Å². The lowest BCUT2D eigenvalue weighted by molar-refractivity contribution is -0.140. The summed E-state index contributed by atoms with van der Waals surface area (Å²) < 4.78 is 33.6. The van der Waals surface area contributed by atoms with E-state index in [1.807, 2.05) is 60.7 Å². The molecule has 0 unspecified atom stereocenters. The molecule has 2 aromatic carbocycles. The number of ether oxygens (including phenoxy) is 1. The topological polar surface area (TPSA) is 149 Å². The summed E-state index contributed by atoms with van der Waals surface area (Å²) in [5.41, 5.74) is 6.51. The number of aromatic nitrogens is 1. The van der Waals surface area contributed by atoms with Crippen LogP contribution in [0.25, 0.3) is 10.8 Å². The van der Waals surface area contributed by atoms with E-state index in [0.717, 1.165) is 36.5 Å². The number of carbonyl (C=O) groups is 3.